The Kier molecular flexibility index (Phi) is 5.66. The van der Waals surface area contributed by atoms with E-state index in [4.69, 9.17) is 27.9 Å². The van der Waals surface area contributed by atoms with Crippen molar-refractivity contribution >= 4 is 34.9 Å². The molecule has 2 aromatic rings. The molecule has 1 aliphatic heterocycles. The van der Waals surface area contributed by atoms with E-state index < -0.39 is 6.10 Å². The zero-order valence-electron chi connectivity index (χ0n) is 13.9. The molecule has 1 fully saturated rings. The van der Waals surface area contributed by atoms with Gasteiger partial charge in [-0.25, -0.2) is 4.98 Å². The Bertz CT molecular complexity index is 734. The van der Waals surface area contributed by atoms with Gasteiger partial charge in [-0.05, 0) is 37.3 Å². The Morgan fingerprint density at radius 2 is 1.92 bits per heavy atom. The third-order valence-electron chi connectivity index (χ3n) is 4.11. The molecule has 3 rings (SSSR count). The van der Waals surface area contributed by atoms with Gasteiger partial charge in [0, 0.05) is 37.4 Å². The highest BCUT2D eigenvalue weighted by molar-refractivity contribution is 6.35. The van der Waals surface area contributed by atoms with Gasteiger partial charge in [-0.2, -0.15) is 0 Å². The van der Waals surface area contributed by atoms with Crippen LogP contribution in [-0.4, -0.2) is 48.1 Å². The molecule has 25 heavy (non-hydrogen) atoms. The van der Waals surface area contributed by atoms with Crippen LogP contribution < -0.4 is 9.64 Å². The molecule has 1 saturated heterocycles. The molecule has 7 heteroatoms. The summed E-state index contributed by atoms with van der Waals surface area (Å²) in [5, 5.41) is 0.925. The molecule has 0 radical (unpaired) electrons. The lowest BCUT2D eigenvalue weighted by Gasteiger charge is -2.36. The summed E-state index contributed by atoms with van der Waals surface area (Å²) >= 11 is 12.0. The molecule has 1 atom stereocenters. The van der Waals surface area contributed by atoms with Crippen LogP contribution in [0.1, 0.15) is 6.92 Å². The first-order valence-electron chi connectivity index (χ1n) is 8.11. The lowest BCUT2D eigenvalue weighted by Crippen LogP contribution is -2.52. The fourth-order valence-electron chi connectivity index (χ4n) is 2.77. The quantitative estimate of drug-likeness (QED) is 0.815. The molecule has 0 bridgehead atoms. The Morgan fingerprint density at radius 3 is 2.56 bits per heavy atom. The summed E-state index contributed by atoms with van der Waals surface area (Å²) < 4.78 is 5.72. The average molecular weight is 380 g/mol. The molecule has 2 heterocycles. The largest absolute Gasteiger partial charge is 0.479 e. The third kappa shape index (κ3) is 4.35. The van der Waals surface area contributed by atoms with Gasteiger partial charge in [0.1, 0.15) is 11.6 Å². The zero-order valence-corrected chi connectivity index (χ0v) is 15.4. The molecule has 1 aliphatic rings. The number of carbonyl (C=O) groups excluding carboxylic acids is 1. The van der Waals surface area contributed by atoms with Gasteiger partial charge >= 0.3 is 0 Å². The maximum absolute atomic E-state index is 12.6. The third-order valence-corrected chi connectivity index (χ3v) is 4.64. The highest BCUT2D eigenvalue weighted by atomic mass is 35.5. The van der Waals surface area contributed by atoms with Crippen LogP contribution in [0.25, 0.3) is 0 Å². The van der Waals surface area contributed by atoms with Crippen LogP contribution >= 0.6 is 23.2 Å². The second-order valence-electron chi connectivity index (χ2n) is 5.84. The number of pyridine rings is 1. The molecule has 0 N–H and O–H groups in total. The van der Waals surface area contributed by atoms with Gasteiger partial charge in [0.15, 0.2) is 6.10 Å². The summed E-state index contributed by atoms with van der Waals surface area (Å²) in [6.45, 7) is 4.50. The lowest BCUT2D eigenvalue weighted by atomic mass is 10.2. The van der Waals surface area contributed by atoms with Crippen LogP contribution in [0.15, 0.2) is 42.6 Å². The standard InChI is InChI=1S/C18H19Cl2N3O2/c1-13(25-16-6-5-14(19)12-15(16)20)18(24)23-10-8-22(9-11-23)17-4-2-3-7-21-17/h2-7,12-13H,8-11H2,1H3/t13-/m0/s1. The van der Waals surface area contributed by atoms with Gasteiger partial charge in [0.05, 0.1) is 5.02 Å². The van der Waals surface area contributed by atoms with Gasteiger partial charge in [0.2, 0.25) is 0 Å². The van der Waals surface area contributed by atoms with E-state index in [0.717, 1.165) is 18.9 Å². The number of anilines is 1. The van der Waals surface area contributed by atoms with Crippen molar-refractivity contribution in [2.24, 2.45) is 0 Å². The van der Waals surface area contributed by atoms with Crippen LogP contribution in [0.5, 0.6) is 5.75 Å². The Labute approximate surface area is 157 Å². The predicted octanol–water partition coefficient (Wildman–Crippen LogP) is 3.50. The first-order chi connectivity index (χ1) is 12.0. The Balaban J connectivity index is 1.56. The van der Waals surface area contributed by atoms with Crippen molar-refractivity contribution in [3.8, 4) is 5.75 Å². The van der Waals surface area contributed by atoms with Crippen LogP contribution in [0.2, 0.25) is 10.0 Å². The van der Waals surface area contributed by atoms with Crippen molar-refractivity contribution in [2.45, 2.75) is 13.0 Å². The molecule has 1 aromatic heterocycles. The number of hydrogen-bond acceptors (Lipinski definition) is 4. The van der Waals surface area contributed by atoms with E-state index in [1.165, 1.54) is 0 Å². The number of piperazine rings is 1. The Morgan fingerprint density at radius 1 is 1.16 bits per heavy atom. The van der Waals surface area contributed by atoms with Crippen molar-refractivity contribution in [2.75, 3.05) is 31.1 Å². The number of nitrogens with zero attached hydrogens (tertiary/aromatic N) is 3. The molecule has 0 unspecified atom stereocenters. The van der Waals surface area contributed by atoms with Crippen molar-refractivity contribution in [1.29, 1.82) is 0 Å². The zero-order chi connectivity index (χ0) is 17.8. The highest BCUT2D eigenvalue weighted by Gasteiger charge is 2.26. The number of rotatable bonds is 4. The second kappa shape index (κ2) is 7.93. The van der Waals surface area contributed by atoms with Crippen LogP contribution in [0.4, 0.5) is 5.82 Å². The van der Waals surface area contributed by atoms with Crippen molar-refractivity contribution in [3.05, 3.63) is 52.6 Å². The van der Waals surface area contributed by atoms with E-state index in [0.29, 0.717) is 28.9 Å². The number of amides is 1. The molecule has 5 nitrogen and oxygen atoms in total. The summed E-state index contributed by atoms with van der Waals surface area (Å²) in [5.74, 6) is 1.34. The van der Waals surface area contributed by atoms with E-state index in [2.05, 4.69) is 9.88 Å². The van der Waals surface area contributed by atoms with E-state index in [1.807, 2.05) is 23.1 Å². The molecule has 132 valence electrons. The monoisotopic (exact) mass is 379 g/mol. The van der Waals surface area contributed by atoms with E-state index in [9.17, 15) is 4.79 Å². The SMILES string of the molecule is C[C@H](Oc1ccc(Cl)cc1Cl)C(=O)N1CCN(c2ccccn2)CC1. The number of halogens is 2. The van der Waals surface area contributed by atoms with E-state index >= 15 is 0 Å². The normalized spacial score (nSPS) is 15.8. The van der Waals surface area contributed by atoms with E-state index in [-0.39, 0.29) is 5.91 Å². The molecular formula is C18H19Cl2N3O2. The first-order valence-corrected chi connectivity index (χ1v) is 8.86. The maximum Gasteiger partial charge on any atom is 0.263 e. The van der Waals surface area contributed by atoms with Crippen LogP contribution in [-0.2, 0) is 4.79 Å². The Hall–Kier alpha value is -1.98. The highest BCUT2D eigenvalue weighted by Crippen LogP contribution is 2.28. The van der Waals surface area contributed by atoms with Gasteiger partial charge in [-0.15, -0.1) is 0 Å². The van der Waals surface area contributed by atoms with Crippen LogP contribution in [0, 0.1) is 0 Å². The van der Waals surface area contributed by atoms with Gasteiger partial charge in [0.25, 0.3) is 5.91 Å². The van der Waals surface area contributed by atoms with E-state index in [1.54, 1.807) is 31.3 Å². The summed E-state index contributed by atoms with van der Waals surface area (Å²) in [6.07, 6.45) is 1.17. The lowest BCUT2D eigenvalue weighted by molar-refractivity contribution is -0.138. The molecule has 1 amide bonds. The molecular weight excluding hydrogens is 361 g/mol. The minimum absolute atomic E-state index is 0.0494. The fraction of sp³-hybridized carbons (Fsp3) is 0.333. The van der Waals surface area contributed by atoms with Crippen LogP contribution in [0.3, 0.4) is 0 Å². The number of benzene rings is 1. The summed E-state index contributed by atoms with van der Waals surface area (Å²) in [7, 11) is 0. The molecule has 1 aromatic carbocycles. The number of aromatic nitrogens is 1. The van der Waals surface area contributed by atoms with Gasteiger partial charge in [-0.1, -0.05) is 29.3 Å². The number of hydrogen-bond donors (Lipinski definition) is 0. The van der Waals surface area contributed by atoms with Crippen molar-refractivity contribution < 1.29 is 9.53 Å². The van der Waals surface area contributed by atoms with Gasteiger partial charge in [-0.3, -0.25) is 4.79 Å². The molecule has 0 aliphatic carbocycles. The minimum Gasteiger partial charge on any atom is -0.479 e. The smallest absolute Gasteiger partial charge is 0.263 e. The maximum atomic E-state index is 12.6. The number of carbonyl (C=O) groups is 1. The summed E-state index contributed by atoms with van der Waals surface area (Å²) in [4.78, 5) is 21.0. The average Bonchev–Trinajstić information content (AvgIpc) is 2.64. The number of ether oxygens (including phenoxy) is 1. The van der Waals surface area contributed by atoms with Crippen molar-refractivity contribution in [1.82, 2.24) is 9.88 Å². The molecule has 0 spiro atoms. The first kappa shape index (κ1) is 17.8. The summed E-state index contributed by atoms with van der Waals surface area (Å²) in [6, 6.07) is 10.8. The second-order valence-corrected chi connectivity index (χ2v) is 6.68. The minimum atomic E-state index is -0.611. The molecule has 0 saturated carbocycles. The topological polar surface area (TPSA) is 45.7 Å². The van der Waals surface area contributed by atoms with Gasteiger partial charge < -0.3 is 14.5 Å². The summed E-state index contributed by atoms with van der Waals surface area (Å²) in [5.41, 5.74) is 0. The fourth-order valence-corrected chi connectivity index (χ4v) is 3.22. The van der Waals surface area contributed by atoms with Crippen molar-refractivity contribution in [3.63, 3.8) is 0 Å². The predicted molar refractivity (Wildman–Crippen MR) is 99.6 cm³/mol.